The number of aromatic nitrogens is 4. The number of fused-ring (bicyclic) bond motifs is 2. The number of alkyl halides is 6. The molecule has 0 aliphatic rings. The largest absolute Gasteiger partial charge is 0.418 e. The van der Waals surface area contributed by atoms with Gasteiger partial charge in [-0.3, -0.25) is 0 Å². The number of hydrogen-bond donors (Lipinski definition) is 2. The number of imidazole rings is 1. The highest BCUT2D eigenvalue weighted by molar-refractivity contribution is 5.87. The molecule has 0 saturated heterocycles. The molecule has 0 saturated carbocycles. The molecule has 2 heterocycles. The number of rotatable bonds is 3. The van der Waals surface area contributed by atoms with Crippen LogP contribution < -0.4 is 5.32 Å². The Kier molecular flexibility index (Phi) is 5.38. The standard InChI is InChI=1S/C25H17F6N5/c1-12-3-4-14(8-17(12)13-5-6-19-15(7-13)11-33-23(32-2)35-19)22-34-20-10-16(24(26,27)28)9-18(21(20)36-22)25(29,30)31/h3-11H,1-2H3,(H,34,36)(H,32,33,35). The van der Waals surface area contributed by atoms with E-state index >= 15 is 0 Å². The predicted molar refractivity (Wildman–Crippen MR) is 124 cm³/mol. The third kappa shape index (κ3) is 4.21. The number of benzene rings is 3. The van der Waals surface area contributed by atoms with E-state index in [4.69, 9.17) is 0 Å². The first kappa shape index (κ1) is 23.6. The molecule has 0 bridgehead atoms. The summed E-state index contributed by atoms with van der Waals surface area (Å²) in [5.74, 6) is 0.504. The second kappa shape index (κ2) is 8.21. The lowest BCUT2D eigenvalue weighted by atomic mass is 9.97. The molecule has 184 valence electrons. The van der Waals surface area contributed by atoms with Crippen molar-refractivity contribution in [1.82, 2.24) is 19.9 Å². The van der Waals surface area contributed by atoms with Crippen molar-refractivity contribution >= 4 is 27.9 Å². The summed E-state index contributed by atoms with van der Waals surface area (Å²) < 4.78 is 80.4. The Balaban J connectivity index is 1.64. The number of aromatic amines is 1. The minimum absolute atomic E-state index is 0.0267. The van der Waals surface area contributed by atoms with Crippen LogP contribution >= 0.6 is 0 Å². The lowest BCUT2D eigenvalue weighted by Crippen LogP contribution is -2.11. The third-order valence-electron chi connectivity index (χ3n) is 5.84. The number of nitrogens with zero attached hydrogens (tertiary/aromatic N) is 3. The van der Waals surface area contributed by atoms with E-state index in [1.165, 1.54) is 0 Å². The Morgan fingerprint density at radius 3 is 2.28 bits per heavy atom. The first-order chi connectivity index (χ1) is 16.9. The summed E-state index contributed by atoms with van der Waals surface area (Å²) in [6.45, 7) is 1.87. The summed E-state index contributed by atoms with van der Waals surface area (Å²) in [6, 6.07) is 11.5. The minimum atomic E-state index is -5.01. The van der Waals surface area contributed by atoms with Crippen molar-refractivity contribution < 1.29 is 26.3 Å². The van der Waals surface area contributed by atoms with Crippen LogP contribution in [0.15, 0.2) is 54.7 Å². The lowest BCUT2D eigenvalue weighted by Gasteiger charge is -2.11. The van der Waals surface area contributed by atoms with Gasteiger partial charge >= 0.3 is 12.4 Å². The van der Waals surface area contributed by atoms with Crippen molar-refractivity contribution in [1.29, 1.82) is 0 Å². The number of anilines is 1. The van der Waals surface area contributed by atoms with Gasteiger partial charge in [0.2, 0.25) is 5.95 Å². The molecule has 0 aliphatic heterocycles. The molecule has 5 nitrogen and oxygen atoms in total. The summed E-state index contributed by atoms with van der Waals surface area (Å²) in [4.78, 5) is 15.3. The van der Waals surface area contributed by atoms with Gasteiger partial charge in [-0.2, -0.15) is 26.3 Å². The van der Waals surface area contributed by atoms with Gasteiger partial charge in [0, 0.05) is 24.2 Å². The summed E-state index contributed by atoms with van der Waals surface area (Å²) in [7, 11) is 1.71. The van der Waals surface area contributed by atoms with E-state index in [1.807, 2.05) is 25.1 Å². The molecule has 0 unspecified atom stereocenters. The molecular formula is C25H17F6N5. The SMILES string of the molecule is CNc1ncc2cc(-c3cc(-c4nc5c(C(F)(F)F)cc(C(F)(F)F)cc5[nH]4)ccc3C)ccc2n1. The van der Waals surface area contributed by atoms with Crippen LogP contribution in [0.1, 0.15) is 16.7 Å². The van der Waals surface area contributed by atoms with Gasteiger partial charge in [0.25, 0.3) is 0 Å². The van der Waals surface area contributed by atoms with Crippen molar-refractivity contribution in [3.8, 4) is 22.5 Å². The molecular weight excluding hydrogens is 484 g/mol. The zero-order valence-corrected chi connectivity index (χ0v) is 18.8. The molecule has 5 rings (SSSR count). The highest BCUT2D eigenvalue weighted by Gasteiger charge is 2.39. The third-order valence-corrected chi connectivity index (χ3v) is 5.84. The van der Waals surface area contributed by atoms with E-state index in [1.54, 1.807) is 31.4 Å². The molecule has 0 radical (unpaired) electrons. The second-order valence-corrected chi connectivity index (χ2v) is 8.25. The van der Waals surface area contributed by atoms with Gasteiger partial charge in [-0.25, -0.2) is 15.0 Å². The molecule has 0 aliphatic carbocycles. The summed E-state index contributed by atoms with van der Waals surface area (Å²) in [6.07, 6.45) is -8.28. The van der Waals surface area contributed by atoms with Crippen LogP contribution in [0.25, 0.3) is 44.5 Å². The zero-order chi connectivity index (χ0) is 25.8. The van der Waals surface area contributed by atoms with E-state index in [0.717, 1.165) is 27.6 Å². The minimum Gasteiger partial charge on any atom is -0.357 e. The van der Waals surface area contributed by atoms with Crippen molar-refractivity contribution in [2.24, 2.45) is 0 Å². The molecule has 2 aromatic heterocycles. The van der Waals surface area contributed by atoms with E-state index < -0.39 is 29.0 Å². The number of H-pyrrole nitrogens is 1. The Hall–Kier alpha value is -4.15. The van der Waals surface area contributed by atoms with Crippen molar-refractivity contribution in [2.75, 3.05) is 12.4 Å². The van der Waals surface area contributed by atoms with E-state index in [0.29, 0.717) is 17.6 Å². The van der Waals surface area contributed by atoms with Gasteiger partial charge in [0.1, 0.15) is 11.3 Å². The lowest BCUT2D eigenvalue weighted by molar-refractivity contribution is -0.142. The van der Waals surface area contributed by atoms with Crippen LogP contribution in [-0.2, 0) is 12.4 Å². The van der Waals surface area contributed by atoms with Crippen molar-refractivity contribution in [3.63, 3.8) is 0 Å². The van der Waals surface area contributed by atoms with Crippen LogP contribution in [0.4, 0.5) is 32.3 Å². The molecule has 0 spiro atoms. The Morgan fingerprint density at radius 1 is 0.833 bits per heavy atom. The average Bonchev–Trinajstić information content (AvgIpc) is 3.26. The van der Waals surface area contributed by atoms with E-state index in [-0.39, 0.29) is 17.4 Å². The first-order valence-electron chi connectivity index (χ1n) is 10.7. The van der Waals surface area contributed by atoms with E-state index in [9.17, 15) is 26.3 Å². The molecule has 0 amide bonds. The van der Waals surface area contributed by atoms with E-state index in [2.05, 4.69) is 25.3 Å². The van der Waals surface area contributed by atoms with Crippen LogP contribution in [-0.4, -0.2) is 27.0 Å². The maximum atomic E-state index is 13.6. The van der Waals surface area contributed by atoms with Gasteiger partial charge in [-0.15, -0.1) is 0 Å². The zero-order valence-electron chi connectivity index (χ0n) is 18.8. The predicted octanol–water partition coefficient (Wildman–Crippen LogP) is 7.23. The Bertz CT molecular complexity index is 1620. The van der Waals surface area contributed by atoms with Crippen LogP contribution in [0, 0.1) is 6.92 Å². The fourth-order valence-electron chi connectivity index (χ4n) is 4.04. The number of hydrogen-bond acceptors (Lipinski definition) is 4. The molecule has 5 aromatic rings. The van der Waals surface area contributed by atoms with Crippen molar-refractivity contribution in [3.05, 3.63) is 71.4 Å². The van der Waals surface area contributed by atoms with Gasteiger partial charge in [0.05, 0.1) is 22.2 Å². The Morgan fingerprint density at radius 2 is 1.58 bits per heavy atom. The monoisotopic (exact) mass is 501 g/mol. The summed E-state index contributed by atoms with van der Waals surface area (Å²) >= 11 is 0. The fraction of sp³-hybridized carbons (Fsp3) is 0.160. The molecule has 36 heavy (non-hydrogen) atoms. The highest BCUT2D eigenvalue weighted by atomic mass is 19.4. The number of nitrogens with one attached hydrogen (secondary N) is 2. The van der Waals surface area contributed by atoms with Gasteiger partial charge in [-0.1, -0.05) is 18.2 Å². The van der Waals surface area contributed by atoms with Crippen LogP contribution in [0.3, 0.4) is 0 Å². The maximum absolute atomic E-state index is 13.6. The molecule has 2 N–H and O–H groups in total. The first-order valence-corrected chi connectivity index (χ1v) is 10.7. The molecule has 3 aromatic carbocycles. The summed E-state index contributed by atoms with van der Waals surface area (Å²) in [5.41, 5.74) is -0.140. The maximum Gasteiger partial charge on any atom is 0.418 e. The average molecular weight is 501 g/mol. The smallest absolute Gasteiger partial charge is 0.357 e. The fourth-order valence-corrected chi connectivity index (χ4v) is 4.04. The number of halogens is 6. The molecule has 0 fully saturated rings. The number of aryl methyl sites for hydroxylation is 1. The molecule has 0 atom stereocenters. The van der Waals surface area contributed by atoms with Gasteiger partial charge in [0.15, 0.2) is 0 Å². The second-order valence-electron chi connectivity index (χ2n) is 8.25. The Labute approximate surface area is 200 Å². The quantitative estimate of drug-likeness (QED) is 0.256. The summed E-state index contributed by atoms with van der Waals surface area (Å²) in [5, 5.41) is 3.66. The van der Waals surface area contributed by atoms with Gasteiger partial charge in [-0.05, 0) is 53.9 Å². The van der Waals surface area contributed by atoms with Crippen molar-refractivity contribution in [2.45, 2.75) is 19.3 Å². The normalized spacial score (nSPS) is 12.4. The van der Waals surface area contributed by atoms with Crippen LogP contribution in [0.5, 0.6) is 0 Å². The highest BCUT2D eigenvalue weighted by Crippen LogP contribution is 2.40. The van der Waals surface area contributed by atoms with Crippen LogP contribution in [0.2, 0.25) is 0 Å². The van der Waals surface area contributed by atoms with Gasteiger partial charge < -0.3 is 10.3 Å². The molecule has 11 heteroatoms. The topological polar surface area (TPSA) is 66.5 Å².